The molecule has 0 saturated carbocycles. The van der Waals surface area contributed by atoms with Gasteiger partial charge in [-0.15, -0.1) is 0 Å². The summed E-state index contributed by atoms with van der Waals surface area (Å²) in [6.45, 7) is 2.18. The molecule has 1 atom stereocenters. The molecule has 7 nitrogen and oxygen atoms in total. The van der Waals surface area contributed by atoms with Gasteiger partial charge in [-0.3, -0.25) is 14.9 Å². The minimum absolute atomic E-state index is 0.0983. The number of amides is 1. The minimum Gasteiger partial charge on any atom is -0.464 e. The van der Waals surface area contributed by atoms with E-state index < -0.39 is 28.4 Å². The summed E-state index contributed by atoms with van der Waals surface area (Å²) in [6, 6.07) is 18.0. The van der Waals surface area contributed by atoms with Crippen molar-refractivity contribution in [1.82, 2.24) is 4.90 Å². The Hall–Kier alpha value is -3.74. The lowest BCUT2D eigenvalue weighted by molar-refractivity contribution is -0.552. The van der Waals surface area contributed by atoms with Gasteiger partial charge in [-0.2, -0.15) is 0 Å². The number of ether oxygens (including phenoxy) is 1. The normalized spacial score (nSPS) is 16.3. The number of carbonyl (C=O) groups excluding carboxylic acids is 2. The maximum atomic E-state index is 13.7. The Morgan fingerprint density at radius 1 is 1.03 bits per heavy atom. The molecule has 2 aromatic rings. The second-order valence-electron chi connectivity index (χ2n) is 8.23. The number of benzene rings is 2. The maximum Gasteiger partial charge on any atom is 0.328 e. The van der Waals surface area contributed by atoms with Crippen molar-refractivity contribution in [1.29, 1.82) is 0 Å². The summed E-state index contributed by atoms with van der Waals surface area (Å²) in [4.78, 5) is 39.5. The fraction of sp³-hybridized carbons (Fsp3) is 0.333. The SMILES string of the molecule is CCOC(=O)[C@@H]1CCCN1C(=O)C(C/C=C/c1ccccc1)(C/C=C/c1ccccc1)[N+](=O)[O-]. The highest BCUT2D eigenvalue weighted by atomic mass is 16.6. The molecule has 0 bridgehead atoms. The van der Waals surface area contributed by atoms with Gasteiger partial charge in [0.05, 0.1) is 6.61 Å². The van der Waals surface area contributed by atoms with E-state index in [0.29, 0.717) is 19.4 Å². The van der Waals surface area contributed by atoms with Gasteiger partial charge in [0.2, 0.25) is 0 Å². The lowest BCUT2D eigenvalue weighted by Crippen LogP contribution is -2.56. The smallest absolute Gasteiger partial charge is 0.328 e. The summed E-state index contributed by atoms with van der Waals surface area (Å²) in [6.07, 6.45) is 7.74. The van der Waals surface area contributed by atoms with Crippen LogP contribution in [0.25, 0.3) is 12.2 Å². The Balaban J connectivity index is 1.91. The maximum absolute atomic E-state index is 13.7. The van der Waals surface area contributed by atoms with E-state index in [1.54, 1.807) is 31.2 Å². The van der Waals surface area contributed by atoms with Crippen LogP contribution in [0.15, 0.2) is 72.8 Å². The average molecular weight is 463 g/mol. The first-order valence-corrected chi connectivity index (χ1v) is 11.5. The van der Waals surface area contributed by atoms with Crippen LogP contribution in [0.1, 0.15) is 43.7 Å². The molecule has 2 aromatic carbocycles. The number of hydrogen-bond donors (Lipinski definition) is 0. The van der Waals surface area contributed by atoms with Crippen molar-refractivity contribution in [2.75, 3.05) is 13.2 Å². The Bertz CT molecular complexity index is 982. The number of nitro groups is 1. The van der Waals surface area contributed by atoms with Crippen LogP contribution in [-0.4, -0.2) is 46.4 Å². The van der Waals surface area contributed by atoms with Crippen molar-refractivity contribution in [3.8, 4) is 0 Å². The standard InChI is InChI=1S/C27H30N2O5/c1-2-34-25(30)24-18-11-21-28(24)26(31)27(29(32)33,19-9-16-22-12-5-3-6-13-22)20-10-17-23-14-7-4-8-15-23/h3-10,12-17,24H,2,11,18-21H2,1H3/b16-9+,17-10+/t24-/m0/s1. The van der Waals surface area contributed by atoms with E-state index in [-0.39, 0.29) is 19.4 Å². The molecule has 0 N–H and O–H groups in total. The molecule has 0 aliphatic carbocycles. The van der Waals surface area contributed by atoms with Crippen molar-refractivity contribution >= 4 is 24.0 Å². The fourth-order valence-electron chi connectivity index (χ4n) is 4.15. The van der Waals surface area contributed by atoms with Crippen LogP contribution in [0, 0.1) is 10.1 Å². The zero-order valence-corrected chi connectivity index (χ0v) is 19.3. The van der Waals surface area contributed by atoms with E-state index >= 15 is 0 Å². The van der Waals surface area contributed by atoms with Crippen LogP contribution in [0.4, 0.5) is 0 Å². The Morgan fingerprint density at radius 3 is 2.03 bits per heavy atom. The molecule has 3 rings (SSSR count). The lowest BCUT2D eigenvalue weighted by Gasteiger charge is -2.30. The number of rotatable bonds is 10. The van der Waals surface area contributed by atoms with E-state index in [4.69, 9.17) is 4.74 Å². The van der Waals surface area contributed by atoms with Crippen molar-refractivity contribution < 1.29 is 19.2 Å². The van der Waals surface area contributed by atoms with Gasteiger partial charge in [0.15, 0.2) is 0 Å². The molecule has 0 spiro atoms. The number of likely N-dealkylation sites (tertiary alicyclic amines) is 1. The molecular formula is C27H30N2O5. The molecule has 1 amide bonds. The van der Waals surface area contributed by atoms with Crippen LogP contribution in [0.3, 0.4) is 0 Å². The van der Waals surface area contributed by atoms with Crippen molar-refractivity contribution in [3.63, 3.8) is 0 Å². The van der Waals surface area contributed by atoms with Crippen LogP contribution in [0.5, 0.6) is 0 Å². The van der Waals surface area contributed by atoms with E-state index in [9.17, 15) is 19.7 Å². The third-order valence-electron chi connectivity index (χ3n) is 5.95. The van der Waals surface area contributed by atoms with Gasteiger partial charge in [-0.05, 0) is 30.9 Å². The molecule has 0 unspecified atom stereocenters. The van der Waals surface area contributed by atoms with Gasteiger partial charge in [0.1, 0.15) is 6.04 Å². The summed E-state index contributed by atoms with van der Waals surface area (Å²) in [5.41, 5.74) is -0.152. The Kier molecular flexibility index (Phi) is 8.73. The molecule has 178 valence electrons. The summed E-state index contributed by atoms with van der Waals surface area (Å²) < 4.78 is 5.13. The monoisotopic (exact) mass is 462 g/mol. The van der Waals surface area contributed by atoms with Gasteiger partial charge in [-0.25, -0.2) is 4.79 Å². The molecule has 7 heteroatoms. The second-order valence-corrected chi connectivity index (χ2v) is 8.23. The first kappa shape index (κ1) is 24.9. The first-order chi connectivity index (χ1) is 16.5. The molecule has 0 aromatic heterocycles. The molecule has 1 fully saturated rings. The van der Waals surface area contributed by atoms with Crippen LogP contribution in [0.2, 0.25) is 0 Å². The third-order valence-corrected chi connectivity index (χ3v) is 5.95. The topological polar surface area (TPSA) is 89.8 Å². The minimum atomic E-state index is -1.92. The zero-order valence-electron chi connectivity index (χ0n) is 19.3. The number of esters is 1. The summed E-state index contributed by atoms with van der Waals surface area (Å²) >= 11 is 0. The van der Waals surface area contributed by atoms with E-state index in [1.807, 2.05) is 60.7 Å². The van der Waals surface area contributed by atoms with Gasteiger partial charge in [-0.1, -0.05) is 85.0 Å². The molecular weight excluding hydrogens is 432 g/mol. The summed E-state index contributed by atoms with van der Waals surface area (Å²) in [5, 5.41) is 12.5. The number of hydrogen-bond acceptors (Lipinski definition) is 5. The van der Waals surface area contributed by atoms with E-state index in [2.05, 4.69) is 0 Å². The Morgan fingerprint density at radius 2 is 1.56 bits per heavy atom. The van der Waals surface area contributed by atoms with E-state index in [0.717, 1.165) is 11.1 Å². The van der Waals surface area contributed by atoms with Crippen molar-refractivity contribution in [2.24, 2.45) is 0 Å². The quantitative estimate of drug-likeness (QED) is 0.288. The fourth-order valence-corrected chi connectivity index (χ4v) is 4.15. The molecule has 34 heavy (non-hydrogen) atoms. The van der Waals surface area contributed by atoms with Gasteiger partial charge in [0.25, 0.3) is 0 Å². The van der Waals surface area contributed by atoms with Crippen molar-refractivity contribution in [3.05, 3.63) is 94.1 Å². The van der Waals surface area contributed by atoms with Gasteiger partial charge >= 0.3 is 17.4 Å². The molecule has 1 aliphatic rings. The first-order valence-electron chi connectivity index (χ1n) is 11.5. The molecule has 1 heterocycles. The third kappa shape index (κ3) is 5.98. The average Bonchev–Trinajstić information content (AvgIpc) is 3.34. The molecule has 1 saturated heterocycles. The number of nitrogens with zero attached hydrogens (tertiary/aromatic N) is 2. The predicted octanol–water partition coefficient (Wildman–Crippen LogP) is 4.76. The van der Waals surface area contributed by atoms with Gasteiger partial charge < -0.3 is 9.64 Å². The zero-order chi connectivity index (χ0) is 24.4. The van der Waals surface area contributed by atoms with Crippen molar-refractivity contribution in [2.45, 2.75) is 44.2 Å². The van der Waals surface area contributed by atoms with Crippen LogP contribution < -0.4 is 0 Å². The highest BCUT2D eigenvalue weighted by Crippen LogP contribution is 2.30. The highest BCUT2D eigenvalue weighted by Gasteiger charge is 2.54. The molecule has 0 radical (unpaired) electrons. The summed E-state index contributed by atoms with van der Waals surface area (Å²) in [5.74, 6) is -1.16. The lowest BCUT2D eigenvalue weighted by atomic mass is 9.88. The largest absolute Gasteiger partial charge is 0.464 e. The Labute approximate surface area is 199 Å². The number of carbonyl (C=O) groups is 2. The molecule has 1 aliphatic heterocycles. The van der Waals surface area contributed by atoms with Crippen LogP contribution >= 0.6 is 0 Å². The second kappa shape index (κ2) is 11.9. The van der Waals surface area contributed by atoms with Crippen LogP contribution in [-0.2, 0) is 14.3 Å². The van der Waals surface area contributed by atoms with E-state index in [1.165, 1.54) is 4.90 Å². The van der Waals surface area contributed by atoms with Gasteiger partial charge in [0, 0.05) is 24.3 Å². The predicted molar refractivity (Wildman–Crippen MR) is 131 cm³/mol. The summed E-state index contributed by atoms with van der Waals surface area (Å²) in [7, 11) is 0. The highest BCUT2D eigenvalue weighted by molar-refractivity contribution is 5.90.